The smallest absolute Gasteiger partial charge is 0.408 e. The van der Waals surface area contributed by atoms with E-state index in [1.807, 2.05) is 0 Å². The second-order valence-corrected chi connectivity index (χ2v) is 2.48. The van der Waals surface area contributed by atoms with Crippen LogP contribution in [0.4, 0.5) is 8.78 Å². The molecule has 2 rings (SSSR count). The third-order valence-corrected chi connectivity index (χ3v) is 1.71. The summed E-state index contributed by atoms with van der Waals surface area (Å²) < 4.78 is 29.5. The molecule has 0 unspecified atom stereocenters. The quantitative estimate of drug-likeness (QED) is 0.680. The molecule has 0 radical (unpaired) electrons. The minimum atomic E-state index is -2.86. The zero-order valence-corrected chi connectivity index (χ0v) is 6.41. The molecule has 1 aromatic carbocycles. The Morgan fingerprint density at radius 2 is 2.00 bits per heavy atom. The summed E-state index contributed by atoms with van der Waals surface area (Å²) in [6.45, 7) is -2.86. The number of alkyl halides is 2. The van der Waals surface area contributed by atoms with E-state index in [0.717, 1.165) is 0 Å². The highest BCUT2D eigenvalue weighted by Gasteiger charge is 2.15. The van der Waals surface area contributed by atoms with Crippen molar-refractivity contribution < 1.29 is 13.2 Å². The maximum Gasteiger partial charge on any atom is 0.424 e. The van der Waals surface area contributed by atoms with E-state index < -0.39 is 12.3 Å². The number of hydrogen-bond donors (Lipinski definition) is 0. The first-order valence-corrected chi connectivity index (χ1v) is 3.58. The van der Waals surface area contributed by atoms with Gasteiger partial charge in [0.2, 0.25) is 0 Å². The lowest BCUT2D eigenvalue weighted by Gasteiger charge is -1.96. The van der Waals surface area contributed by atoms with Gasteiger partial charge in [0.05, 0.1) is 5.52 Å². The number of rotatable bonds is 1. The summed E-state index contributed by atoms with van der Waals surface area (Å²) in [5.41, 5.74) is 0.287. The Labute approximate surface area is 71.2 Å². The van der Waals surface area contributed by atoms with Crippen LogP contribution in [-0.4, -0.2) is 4.57 Å². The van der Waals surface area contributed by atoms with Gasteiger partial charge in [-0.2, -0.15) is 8.78 Å². The molecular weight excluding hydrogens is 180 g/mol. The van der Waals surface area contributed by atoms with Gasteiger partial charge in [-0.3, -0.25) is 0 Å². The first-order valence-electron chi connectivity index (χ1n) is 3.58. The highest BCUT2D eigenvalue weighted by molar-refractivity contribution is 5.72. The molecule has 0 aliphatic rings. The summed E-state index contributed by atoms with van der Waals surface area (Å²) >= 11 is 0. The van der Waals surface area contributed by atoms with E-state index in [-0.39, 0.29) is 11.1 Å². The summed E-state index contributed by atoms with van der Waals surface area (Å²) in [5, 5.41) is 0. The highest BCUT2D eigenvalue weighted by atomic mass is 19.3. The summed E-state index contributed by atoms with van der Waals surface area (Å²) in [4.78, 5) is 10.9. The normalized spacial score (nSPS) is 11.3. The first kappa shape index (κ1) is 7.97. The van der Waals surface area contributed by atoms with E-state index >= 15 is 0 Å². The molecule has 1 heterocycles. The molecule has 13 heavy (non-hydrogen) atoms. The third kappa shape index (κ3) is 1.12. The van der Waals surface area contributed by atoms with Crippen molar-refractivity contribution in [2.24, 2.45) is 0 Å². The molecule has 0 fully saturated rings. The molecule has 0 amide bonds. The monoisotopic (exact) mass is 185 g/mol. The average Bonchev–Trinajstić information content (AvgIpc) is 2.39. The number of benzene rings is 1. The van der Waals surface area contributed by atoms with Crippen molar-refractivity contribution in [3.63, 3.8) is 0 Å². The topological polar surface area (TPSA) is 35.1 Å². The Balaban J connectivity index is 2.87. The molecule has 1 aromatic heterocycles. The highest BCUT2D eigenvalue weighted by Crippen LogP contribution is 2.17. The number of halogens is 2. The Bertz CT molecular complexity index is 486. The van der Waals surface area contributed by atoms with Crippen molar-refractivity contribution in [3.8, 4) is 0 Å². The van der Waals surface area contributed by atoms with Gasteiger partial charge < -0.3 is 4.42 Å². The van der Waals surface area contributed by atoms with Gasteiger partial charge in [-0.1, -0.05) is 12.1 Å². The molecule has 0 atom stereocenters. The van der Waals surface area contributed by atoms with Crippen LogP contribution in [0.3, 0.4) is 0 Å². The van der Waals surface area contributed by atoms with E-state index in [0.29, 0.717) is 4.57 Å². The van der Waals surface area contributed by atoms with Crippen LogP contribution in [0.15, 0.2) is 33.5 Å². The number of oxazole rings is 1. The summed E-state index contributed by atoms with van der Waals surface area (Å²) in [6.07, 6.45) is 0. The van der Waals surface area contributed by atoms with Gasteiger partial charge >= 0.3 is 12.3 Å². The molecule has 0 saturated heterocycles. The maximum atomic E-state index is 12.3. The fourth-order valence-electron chi connectivity index (χ4n) is 1.17. The van der Waals surface area contributed by atoms with Gasteiger partial charge in [-0.25, -0.2) is 9.36 Å². The summed E-state index contributed by atoms with van der Waals surface area (Å²) in [6, 6.07) is 6.05. The molecule has 2 aromatic rings. The molecule has 0 aliphatic carbocycles. The zero-order chi connectivity index (χ0) is 9.42. The zero-order valence-electron chi connectivity index (χ0n) is 6.41. The minimum absolute atomic E-state index is 0.113. The maximum absolute atomic E-state index is 12.3. The Morgan fingerprint density at radius 3 is 2.69 bits per heavy atom. The lowest BCUT2D eigenvalue weighted by Crippen LogP contribution is -2.14. The second kappa shape index (κ2) is 2.69. The molecule has 5 heteroatoms. The van der Waals surface area contributed by atoms with Crippen LogP contribution in [0, 0.1) is 0 Å². The van der Waals surface area contributed by atoms with Gasteiger partial charge in [0.25, 0.3) is 0 Å². The van der Waals surface area contributed by atoms with Crippen LogP contribution in [-0.2, 0) is 0 Å². The van der Waals surface area contributed by atoms with E-state index in [1.54, 1.807) is 12.1 Å². The minimum Gasteiger partial charge on any atom is -0.408 e. The number of fused-ring (bicyclic) bond motifs is 1. The van der Waals surface area contributed by atoms with Crippen LogP contribution < -0.4 is 5.76 Å². The Kier molecular flexibility index (Phi) is 1.65. The fraction of sp³-hybridized carbons (Fsp3) is 0.125. The molecular formula is C8H5F2NO2. The van der Waals surface area contributed by atoms with Crippen LogP contribution in [0.5, 0.6) is 0 Å². The fourth-order valence-corrected chi connectivity index (χ4v) is 1.17. The molecule has 68 valence electrons. The average molecular weight is 185 g/mol. The van der Waals surface area contributed by atoms with Crippen molar-refractivity contribution in [3.05, 3.63) is 34.8 Å². The predicted octanol–water partition coefficient (Wildman–Crippen LogP) is 1.99. The van der Waals surface area contributed by atoms with E-state index in [2.05, 4.69) is 4.42 Å². The van der Waals surface area contributed by atoms with Crippen molar-refractivity contribution in [2.45, 2.75) is 6.55 Å². The van der Waals surface area contributed by atoms with Gasteiger partial charge in [0, 0.05) is 0 Å². The number of aromatic nitrogens is 1. The lowest BCUT2D eigenvalue weighted by molar-refractivity contribution is 0.0670. The summed E-state index contributed by atoms with van der Waals surface area (Å²) in [7, 11) is 0. The molecule has 0 saturated carbocycles. The van der Waals surface area contributed by atoms with Gasteiger partial charge in [-0.15, -0.1) is 0 Å². The first-order chi connectivity index (χ1) is 6.20. The molecule has 0 N–H and O–H groups in total. The van der Waals surface area contributed by atoms with Crippen molar-refractivity contribution in [1.82, 2.24) is 4.57 Å². The Hall–Kier alpha value is -1.65. The number of nitrogens with zero attached hydrogens (tertiary/aromatic N) is 1. The van der Waals surface area contributed by atoms with Crippen LogP contribution >= 0.6 is 0 Å². The molecule has 3 nitrogen and oxygen atoms in total. The summed E-state index contributed by atoms with van der Waals surface area (Å²) in [5.74, 6) is -1.03. The number of hydrogen-bond acceptors (Lipinski definition) is 2. The van der Waals surface area contributed by atoms with Crippen molar-refractivity contribution in [1.29, 1.82) is 0 Å². The number of para-hydroxylation sites is 2. The van der Waals surface area contributed by atoms with Crippen molar-refractivity contribution in [2.75, 3.05) is 0 Å². The lowest BCUT2D eigenvalue weighted by atomic mass is 10.3. The third-order valence-electron chi connectivity index (χ3n) is 1.71. The van der Waals surface area contributed by atoms with Gasteiger partial charge in [-0.05, 0) is 12.1 Å². The van der Waals surface area contributed by atoms with Crippen molar-refractivity contribution >= 4 is 11.1 Å². The van der Waals surface area contributed by atoms with E-state index in [1.165, 1.54) is 12.1 Å². The van der Waals surface area contributed by atoms with Gasteiger partial charge in [0.15, 0.2) is 5.58 Å². The predicted molar refractivity (Wildman–Crippen MR) is 41.7 cm³/mol. The van der Waals surface area contributed by atoms with Crippen LogP contribution in [0.25, 0.3) is 11.1 Å². The largest absolute Gasteiger partial charge is 0.424 e. The SMILES string of the molecule is O=c1oc2ccccc2n1C(F)F. The van der Waals surface area contributed by atoms with Gasteiger partial charge in [0.1, 0.15) is 0 Å². The molecule has 0 bridgehead atoms. The van der Waals surface area contributed by atoms with Crippen LogP contribution in [0.1, 0.15) is 6.55 Å². The van der Waals surface area contributed by atoms with Crippen LogP contribution in [0.2, 0.25) is 0 Å². The standard InChI is InChI=1S/C8H5F2NO2/c9-7(10)11-5-3-1-2-4-6(5)13-8(11)12/h1-4,7H. The Morgan fingerprint density at radius 1 is 1.31 bits per heavy atom. The van der Waals surface area contributed by atoms with E-state index in [4.69, 9.17) is 0 Å². The second-order valence-electron chi connectivity index (χ2n) is 2.48. The molecule has 0 spiro atoms. The van der Waals surface area contributed by atoms with E-state index in [9.17, 15) is 13.6 Å². The molecule has 0 aliphatic heterocycles.